The topological polar surface area (TPSA) is 85.8 Å². The lowest BCUT2D eigenvalue weighted by atomic mass is 9.60. The number of carbonyl (C=O) groups excluding carboxylic acids is 1. The number of morpholine rings is 1. The van der Waals surface area contributed by atoms with Crippen LogP contribution in [0.4, 0.5) is 5.82 Å². The summed E-state index contributed by atoms with van der Waals surface area (Å²) in [5.41, 5.74) is 3.96. The van der Waals surface area contributed by atoms with Gasteiger partial charge in [0.25, 0.3) is 0 Å². The maximum Gasteiger partial charge on any atom is 0.245 e. The number of H-pyrrole nitrogens is 1. The molecule has 4 aliphatic heterocycles. The SMILES string of the molecule is C=CC(=O)N1CC2(CC(n3nc(N4CC[C@@H](CN5CCN6CCOC[C@@H]6C5)CC4(C)C)c(-c4c(Cl)c(Cl)cc5[nH]ncc45)c3C)C2)C1. The van der Waals surface area contributed by atoms with E-state index in [0.717, 1.165) is 125 Å². The lowest BCUT2D eigenvalue weighted by Gasteiger charge is -2.58. The molecule has 1 saturated carbocycles. The first-order valence-electron chi connectivity index (χ1n) is 17.2. The molecule has 1 aliphatic carbocycles. The van der Waals surface area contributed by atoms with E-state index >= 15 is 0 Å². The molecule has 2 aromatic heterocycles. The van der Waals surface area contributed by atoms with E-state index in [4.69, 9.17) is 33.0 Å². The number of aromatic amines is 1. The third kappa shape index (κ3) is 5.39. The largest absolute Gasteiger partial charge is 0.378 e. The minimum absolute atomic E-state index is 0.0227. The summed E-state index contributed by atoms with van der Waals surface area (Å²) < 4.78 is 8.05. The van der Waals surface area contributed by atoms with E-state index in [9.17, 15) is 4.79 Å². The Hall–Kier alpha value is -2.63. The number of amides is 1. The second kappa shape index (κ2) is 11.8. The molecule has 0 bridgehead atoms. The zero-order valence-corrected chi connectivity index (χ0v) is 29.3. The molecule has 2 atom stereocenters. The Bertz CT molecular complexity index is 1700. The van der Waals surface area contributed by atoms with Crippen molar-refractivity contribution in [3.05, 3.63) is 40.7 Å². The van der Waals surface area contributed by atoms with Gasteiger partial charge in [-0.2, -0.15) is 10.2 Å². The number of nitrogens with one attached hydrogen (secondary N) is 1. The van der Waals surface area contributed by atoms with Crippen molar-refractivity contribution < 1.29 is 9.53 Å². The van der Waals surface area contributed by atoms with E-state index in [-0.39, 0.29) is 22.9 Å². The van der Waals surface area contributed by atoms with Crippen LogP contribution in [0.15, 0.2) is 24.9 Å². The molecule has 0 radical (unpaired) electrons. The van der Waals surface area contributed by atoms with Crippen molar-refractivity contribution in [2.75, 3.05) is 70.5 Å². The highest BCUT2D eigenvalue weighted by Gasteiger charge is 2.55. The van der Waals surface area contributed by atoms with Crippen LogP contribution in [0.1, 0.15) is 51.3 Å². The van der Waals surface area contributed by atoms with Crippen molar-refractivity contribution >= 4 is 45.8 Å². The van der Waals surface area contributed by atoms with Gasteiger partial charge in [0.15, 0.2) is 5.82 Å². The van der Waals surface area contributed by atoms with E-state index in [0.29, 0.717) is 22.0 Å². The molecule has 47 heavy (non-hydrogen) atoms. The first-order valence-corrected chi connectivity index (χ1v) is 17.9. The van der Waals surface area contributed by atoms with Crippen LogP contribution >= 0.6 is 23.2 Å². The van der Waals surface area contributed by atoms with Gasteiger partial charge in [-0.3, -0.25) is 19.5 Å². The fourth-order valence-electron chi connectivity index (χ4n) is 9.46. The molecule has 1 aromatic carbocycles. The fraction of sp³-hybridized carbons (Fsp3) is 0.629. The summed E-state index contributed by atoms with van der Waals surface area (Å²) in [5, 5.41) is 14.9. The van der Waals surface area contributed by atoms with Crippen LogP contribution in [0.25, 0.3) is 22.0 Å². The van der Waals surface area contributed by atoms with Gasteiger partial charge in [0.05, 0.1) is 41.0 Å². The third-order valence-corrected chi connectivity index (χ3v) is 12.6. The third-order valence-electron chi connectivity index (χ3n) is 11.8. The molecule has 3 aromatic rings. The smallest absolute Gasteiger partial charge is 0.245 e. The molecular formula is C35H46Cl2N8O2. The molecule has 252 valence electrons. The number of likely N-dealkylation sites (tertiary alicyclic amines) is 1. The number of benzene rings is 1. The van der Waals surface area contributed by atoms with Gasteiger partial charge in [-0.05, 0) is 64.5 Å². The van der Waals surface area contributed by atoms with Gasteiger partial charge in [0, 0.05) is 91.6 Å². The van der Waals surface area contributed by atoms with Crippen LogP contribution in [0.5, 0.6) is 0 Å². The first kappa shape index (κ1) is 31.6. The minimum atomic E-state index is -0.111. The highest BCUT2D eigenvalue weighted by molar-refractivity contribution is 6.45. The Balaban J connectivity index is 1.09. The van der Waals surface area contributed by atoms with Crippen molar-refractivity contribution in [2.45, 2.75) is 64.1 Å². The number of piperidine rings is 1. The van der Waals surface area contributed by atoms with Crippen LogP contribution in [0.2, 0.25) is 10.0 Å². The summed E-state index contributed by atoms with van der Waals surface area (Å²) in [6, 6.07) is 2.65. The van der Waals surface area contributed by atoms with Crippen LogP contribution in [-0.4, -0.2) is 118 Å². The van der Waals surface area contributed by atoms with E-state index in [1.54, 1.807) is 0 Å². The molecule has 5 aliphatic rings. The van der Waals surface area contributed by atoms with Gasteiger partial charge in [-0.15, -0.1) is 0 Å². The predicted octanol–water partition coefficient (Wildman–Crippen LogP) is 5.40. The molecule has 1 amide bonds. The van der Waals surface area contributed by atoms with Crippen LogP contribution < -0.4 is 4.90 Å². The summed E-state index contributed by atoms with van der Waals surface area (Å²) in [4.78, 5) is 21.9. The van der Waals surface area contributed by atoms with Crippen molar-refractivity contribution in [1.82, 2.24) is 34.7 Å². The van der Waals surface area contributed by atoms with Gasteiger partial charge >= 0.3 is 0 Å². The lowest BCUT2D eigenvalue weighted by molar-refractivity contribution is -0.149. The van der Waals surface area contributed by atoms with Gasteiger partial charge < -0.3 is 19.4 Å². The minimum Gasteiger partial charge on any atom is -0.378 e. The first-order chi connectivity index (χ1) is 22.6. The van der Waals surface area contributed by atoms with E-state index in [1.807, 2.05) is 17.2 Å². The number of rotatable bonds is 6. The Morgan fingerprint density at radius 3 is 2.70 bits per heavy atom. The average molecular weight is 682 g/mol. The normalized spacial score (nSPS) is 26.3. The molecular weight excluding hydrogens is 635 g/mol. The molecule has 10 nitrogen and oxygen atoms in total. The number of anilines is 1. The van der Waals surface area contributed by atoms with Crippen LogP contribution in [0, 0.1) is 18.3 Å². The van der Waals surface area contributed by atoms with Gasteiger partial charge in [-0.1, -0.05) is 29.8 Å². The maximum atomic E-state index is 12.1. The van der Waals surface area contributed by atoms with Crippen molar-refractivity contribution in [2.24, 2.45) is 11.3 Å². The second-order valence-electron chi connectivity index (χ2n) is 15.4. The highest BCUT2D eigenvalue weighted by atomic mass is 35.5. The van der Waals surface area contributed by atoms with E-state index < -0.39 is 0 Å². The summed E-state index contributed by atoms with van der Waals surface area (Å²) in [6.07, 6.45) is 7.47. The number of aromatic nitrogens is 4. The number of fused-ring (bicyclic) bond motifs is 2. The molecule has 1 spiro atoms. The molecule has 0 unspecified atom stereocenters. The van der Waals surface area contributed by atoms with Crippen molar-refractivity contribution in [1.29, 1.82) is 0 Å². The van der Waals surface area contributed by atoms with Crippen molar-refractivity contribution in [3.8, 4) is 11.1 Å². The zero-order valence-electron chi connectivity index (χ0n) is 27.8. The van der Waals surface area contributed by atoms with Crippen molar-refractivity contribution in [3.63, 3.8) is 0 Å². The lowest BCUT2D eigenvalue weighted by Crippen LogP contribution is -2.63. The number of nitrogens with zero attached hydrogens (tertiary/aromatic N) is 7. The summed E-state index contributed by atoms with van der Waals surface area (Å²) in [7, 11) is 0. The van der Waals surface area contributed by atoms with Gasteiger partial charge in [-0.25, -0.2) is 0 Å². The van der Waals surface area contributed by atoms with Crippen LogP contribution in [-0.2, 0) is 9.53 Å². The zero-order chi connectivity index (χ0) is 32.7. The highest BCUT2D eigenvalue weighted by Crippen LogP contribution is 2.56. The molecule has 1 N–H and O–H groups in total. The predicted molar refractivity (Wildman–Crippen MR) is 186 cm³/mol. The maximum absolute atomic E-state index is 12.1. The number of carbonyl (C=O) groups is 1. The standard InChI is InChI=1S/C35H46Cl2N8O2/c1-5-29(46)43-20-35(21-43)14-24(15-35)45-22(2)30(31-26-16-38-39-28(26)12-27(36)32(31)37)33(40-45)44-7-6-23(13-34(44,3)4)17-41-8-9-42-10-11-47-19-25(42)18-41/h5,12,16,23-25H,1,6-11,13-15,17-21H2,2-4H3,(H,38,39)/t23-,25+/m1/s1. The molecule has 5 fully saturated rings. The summed E-state index contributed by atoms with van der Waals surface area (Å²) in [5.74, 6) is 1.61. The Kier molecular flexibility index (Phi) is 7.91. The van der Waals surface area contributed by atoms with E-state index in [1.165, 1.54) is 6.08 Å². The Morgan fingerprint density at radius 2 is 1.94 bits per heavy atom. The molecule has 6 heterocycles. The Morgan fingerprint density at radius 1 is 1.13 bits per heavy atom. The van der Waals surface area contributed by atoms with Crippen LogP contribution in [0.3, 0.4) is 0 Å². The van der Waals surface area contributed by atoms with Gasteiger partial charge in [0.2, 0.25) is 5.91 Å². The molecule has 12 heteroatoms. The fourth-order valence-corrected chi connectivity index (χ4v) is 9.92. The number of hydrogen-bond donors (Lipinski definition) is 1. The quantitative estimate of drug-likeness (QED) is 0.349. The second-order valence-corrected chi connectivity index (χ2v) is 16.2. The average Bonchev–Trinajstić information content (AvgIpc) is 3.60. The number of halogens is 2. The van der Waals surface area contributed by atoms with Gasteiger partial charge in [0.1, 0.15) is 0 Å². The number of ether oxygens (including phenoxy) is 1. The number of piperazine rings is 1. The van der Waals surface area contributed by atoms with E-state index in [2.05, 4.69) is 56.9 Å². The number of hydrogen-bond acceptors (Lipinski definition) is 7. The molecule has 8 rings (SSSR count). The summed E-state index contributed by atoms with van der Waals surface area (Å²) in [6.45, 7) is 20.4. The summed E-state index contributed by atoms with van der Waals surface area (Å²) >= 11 is 13.8. The monoisotopic (exact) mass is 680 g/mol. The Labute approximate surface area is 287 Å². The molecule has 4 saturated heterocycles.